The molecule has 0 fully saturated rings. The van der Waals surface area contributed by atoms with E-state index < -0.39 is 0 Å². The van der Waals surface area contributed by atoms with Crippen molar-refractivity contribution >= 4 is 11.5 Å². The number of nitrogens with one attached hydrogen (secondary N) is 1. The van der Waals surface area contributed by atoms with E-state index in [1.807, 2.05) is 7.05 Å². The quantitative estimate of drug-likeness (QED) is 0.914. The molecule has 20 heavy (non-hydrogen) atoms. The van der Waals surface area contributed by atoms with Gasteiger partial charge in [0, 0.05) is 12.5 Å². The van der Waals surface area contributed by atoms with Crippen LogP contribution >= 0.6 is 11.5 Å². The number of aryl methyl sites for hydroxylation is 1. The van der Waals surface area contributed by atoms with Crippen LogP contribution in [0.5, 0.6) is 0 Å². The molecule has 0 bridgehead atoms. The van der Waals surface area contributed by atoms with Crippen LogP contribution in [0.4, 0.5) is 0 Å². The fraction of sp³-hybridized carbons (Fsp3) is 0.692. The lowest BCUT2D eigenvalue weighted by Crippen LogP contribution is -2.27. The number of rotatable bonds is 5. The van der Waals surface area contributed by atoms with E-state index in [4.69, 9.17) is 0 Å². The second-order valence-corrected chi connectivity index (χ2v) is 6.69. The summed E-state index contributed by atoms with van der Waals surface area (Å²) in [5.41, 5.74) is 2.05. The van der Waals surface area contributed by atoms with Gasteiger partial charge in [0.15, 0.2) is 0 Å². The third-order valence-electron chi connectivity index (χ3n) is 3.13. The molecule has 7 heteroatoms. The maximum Gasteiger partial charge on any atom is 0.0893 e. The highest BCUT2D eigenvalue weighted by atomic mass is 32.1. The van der Waals surface area contributed by atoms with Gasteiger partial charge in [-0.05, 0) is 24.5 Å². The number of nitrogens with zero attached hydrogens (tertiary/aromatic N) is 5. The van der Waals surface area contributed by atoms with Crippen molar-refractivity contribution in [3.63, 3.8) is 0 Å². The highest BCUT2D eigenvalue weighted by Crippen LogP contribution is 2.33. The highest BCUT2D eigenvalue weighted by molar-refractivity contribution is 7.05. The Morgan fingerprint density at radius 3 is 2.70 bits per heavy atom. The summed E-state index contributed by atoms with van der Waals surface area (Å²) in [5.74, 6) is 0. The van der Waals surface area contributed by atoms with Crippen molar-refractivity contribution in [1.29, 1.82) is 0 Å². The molecule has 0 aliphatic rings. The Labute approximate surface area is 123 Å². The second kappa shape index (κ2) is 5.97. The van der Waals surface area contributed by atoms with Gasteiger partial charge >= 0.3 is 0 Å². The summed E-state index contributed by atoms with van der Waals surface area (Å²) in [7, 11) is 1.91. The zero-order chi connectivity index (χ0) is 14.8. The Bertz CT molecular complexity index is 553. The van der Waals surface area contributed by atoms with Crippen LogP contribution in [0, 0.1) is 0 Å². The van der Waals surface area contributed by atoms with Crippen LogP contribution < -0.4 is 5.32 Å². The molecule has 0 radical (unpaired) electrons. The van der Waals surface area contributed by atoms with Crippen LogP contribution in [0.2, 0.25) is 0 Å². The zero-order valence-corrected chi connectivity index (χ0v) is 13.5. The molecule has 6 nitrogen and oxygen atoms in total. The van der Waals surface area contributed by atoms with Gasteiger partial charge in [-0.15, -0.1) is 10.2 Å². The molecule has 0 amide bonds. The van der Waals surface area contributed by atoms with Gasteiger partial charge in [0.1, 0.15) is 0 Å². The zero-order valence-electron chi connectivity index (χ0n) is 12.7. The van der Waals surface area contributed by atoms with Crippen molar-refractivity contribution in [2.24, 2.45) is 7.05 Å². The summed E-state index contributed by atoms with van der Waals surface area (Å²) in [6, 6.07) is 0.0455. The standard InChI is InChI=1S/C13H22N6S/c1-6-7-14-10(9-8-15-17-19(9)5)11-12(13(2,3)4)16-18-20-11/h8,10,14H,6-7H2,1-5H3. The molecule has 2 aromatic heterocycles. The van der Waals surface area contributed by atoms with Crippen LogP contribution in [0.1, 0.15) is 56.4 Å². The third-order valence-corrected chi connectivity index (χ3v) is 3.92. The number of hydrogen-bond acceptors (Lipinski definition) is 6. The summed E-state index contributed by atoms with van der Waals surface area (Å²) in [6.07, 6.45) is 2.87. The van der Waals surface area contributed by atoms with Gasteiger partial charge < -0.3 is 5.32 Å². The lowest BCUT2D eigenvalue weighted by Gasteiger charge is -2.22. The Morgan fingerprint density at radius 1 is 1.40 bits per heavy atom. The molecule has 1 N–H and O–H groups in total. The van der Waals surface area contributed by atoms with E-state index in [1.54, 1.807) is 10.9 Å². The molecule has 110 valence electrons. The lowest BCUT2D eigenvalue weighted by molar-refractivity contribution is 0.521. The van der Waals surface area contributed by atoms with Gasteiger partial charge in [-0.3, -0.25) is 4.68 Å². The molecule has 0 aromatic carbocycles. The Kier molecular flexibility index (Phi) is 4.49. The van der Waals surface area contributed by atoms with E-state index in [0.29, 0.717) is 0 Å². The fourth-order valence-electron chi connectivity index (χ4n) is 2.09. The second-order valence-electron chi connectivity index (χ2n) is 5.91. The van der Waals surface area contributed by atoms with Crippen LogP contribution in [-0.4, -0.2) is 31.1 Å². The van der Waals surface area contributed by atoms with E-state index in [2.05, 4.69) is 52.9 Å². The normalized spacial score (nSPS) is 13.7. The van der Waals surface area contributed by atoms with Crippen molar-refractivity contribution in [2.45, 2.75) is 45.6 Å². The molecule has 0 saturated heterocycles. The molecular formula is C13H22N6S. The summed E-state index contributed by atoms with van der Waals surface area (Å²) in [6.45, 7) is 9.56. The maximum absolute atomic E-state index is 4.33. The molecule has 1 atom stereocenters. The molecule has 2 heterocycles. The molecular weight excluding hydrogens is 272 g/mol. The predicted octanol–water partition coefficient (Wildman–Crippen LogP) is 2.05. The van der Waals surface area contributed by atoms with Gasteiger partial charge in [0.2, 0.25) is 0 Å². The van der Waals surface area contributed by atoms with Crippen LogP contribution in [0.15, 0.2) is 6.20 Å². The average Bonchev–Trinajstić information content (AvgIpc) is 2.99. The Hall–Kier alpha value is -1.34. The van der Waals surface area contributed by atoms with Crippen LogP contribution in [-0.2, 0) is 12.5 Å². The van der Waals surface area contributed by atoms with E-state index >= 15 is 0 Å². The first-order valence-corrected chi connectivity index (χ1v) is 7.63. The largest absolute Gasteiger partial charge is 0.304 e. The van der Waals surface area contributed by atoms with E-state index in [0.717, 1.165) is 29.2 Å². The molecule has 0 aliphatic heterocycles. The molecule has 0 saturated carbocycles. The topological polar surface area (TPSA) is 68.5 Å². The minimum absolute atomic E-state index is 0.0273. The first-order valence-electron chi connectivity index (χ1n) is 6.85. The van der Waals surface area contributed by atoms with E-state index in [1.165, 1.54) is 11.5 Å². The minimum atomic E-state index is -0.0273. The summed E-state index contributed by atoms with van der Waals surface area (Å²) >= 11 is 1.45. The molecule has 0 spiro atoms. The first-order chi connectivity index (χ1) is 9.45. The van der Waals surface area contributed by atoms with Gasteiger partial charge in [0.05, 0.1) is 28.5 Å². The van der Waals surface area contributed by atoms with Gasteiger partial charge in [-0.25, -0.2) is 0 Å². The summed E-state index contributed by atoms with van der Waals surface area (Å²) in [5, 5.41) is 15.9. The molecule has 1 unspecified atom stereocenters. The van der Waals surface area contributed by atoms with Crippen LogP contribution in [0.25, 0.3) is 0 Å². The third kappa shape index (κ3) is 3.04. The van der Waals surface area contributed by atoms with E-state index in [9.17, 15) is 0 Å². The van der Waals surface area contributed by atoms with Crippen molar-refractivity contribution in [3.8, 4) is 0 Å². The predicted molar refractivity (Wildman–Crippen MR) is 79.7 cm³/mol. The maximum atomic E-state index is 4.33. The van der Waals surface area contributed by atoms with Gasteiger partial charge in [0.25, 0.3) is 0 Å². The first kappa shape index (κ1) is 15.1. The lowest BCUT2D eigenvalue weighted by atomic mass is 9.89. The SMILES string of the molecule is CCCNC(c1snnc1C(C)(C)C)c1cnnn1C. The van der Waals surface area contributed by atoms with Crippen molar-refractivity contribution in [1.82, 2.24) is 29.9 Å². The average molecular weight is 294 g/mol. The number of aromatic nitrogens is 5. The fourth-order valence-corrected chi connectivity index (χ4v) is 3.04. The van der Waals surface area contributed by atoms with Crippen molar-refractivity contribution in [3.05, 3.63) is 22.5 Å². The minimum Gasteiger partial charge on any atom is -0.304 e. The molecule has 2 rings (SSSR count). The highest BCUT2D eigenvalue weighted by Gasteiger charge is 2.29. The molecule has 0 aliphatic carbocycles. The smallest absolute Gasteiger partial charge is 0.0893 e. The summed E-state index contributed by atoms with van der Waals surface area (Å²) < 4.78 is 5.96. The summed E-state index contributed by atoms with van der Waals surface area (Å²) in [4.78, 5) is 1.15. The van der Waals surface area contributed by atoms with Crippen molar-refractivity contribution in [2.75, 3.05) is 6.54 Å². The monoisotopic (exact) mass is 294 g/mol. The van der Waals surface area contributed by atoms with Gasteiger partial charge in [-0.2, -0.15) is 0 Å². The number of hydrogen-bond donors (Lipinski definition) is 1. The van der Waals surface area contributed by atoms with E-state index in [-0.39, 0.29) is 11.5 Å². The molecule has 2 aromatic rings. The Morgan fingerprint density at radius 2 is 2.15 bits per heavy atom. The Balaban J connectivity index is 2.42. The van der Waals surface area contributed by atoms with Crippen LogP contribution in [0.3, 0.4) is 0 Å². The van der Waals surface area contributed by atoms with Crippen molar-refractivity contribution < 1.29 is 0 Å². The van der Waals surface area contributed by atoms with Gasteiger partial charge in [-0.1, -0.05) is 37.4 Å².